The van der Waals surface area contributed by atoms with Crippen LogP contribution in [0.3, 0.4) is 0 Å². The Morgan fingerprint density at radius 2 is 1.85 bits per heavy atom. The SMILES string of the molecule is COc1cc(NC(=O)CSc2nnc(-c3cccc(C)c3)o2)cc(OC)c1. The van der Waals surface area contributed by atoms with Gasteiger partial charge in [-0.2, -0.15) is 0 Å². The molecule has 1 heterocycles. The van der Waals surface area contributed by atoms with Gasteiger partial charge in [0, 0.05) is 29.4 Å². The summed E-state index contributed by atoms with van der Waals surface area (Å²) in [6, 6.07) is 12.9. The lowest BCUT2D eigenvalue weighted by molar-refractivity contribution is -0.113. The maximum absolute atomic E-state index is 12.2. The van der Waals surface area contributed by atoms with Gasteiger partial charge in [0.1, 0.15) is 11.5 Å². The van der Waals surface area contributed by atoms with Crippen molar-refractivity contribution in [2.45, 2.75) is 12.1 Å². The van der Waals surface area contributed by atoms with Gasteiger partial charge in [0.15, 0.2) is 0 Å². The van der Waals surface area contributed by atoms with E-state index in [0.717, 1.165) is 11.1 Å². The fourth-order valence-corrected chi connectivity index (χ4v) is 2.93. The van der Waals surface area contributed by atoms with Crippen LogP contribution in [0.1, 0.15) is 5.56 Å². The van der Waals surface area contributed by atoms with Gasteiger partial charge in [0.25, 0.3) is 5.22 Å². The van der Waals surface area contributed by atoms with Gasteiger partial charge in [0.2, 0.25) is 11.8 Å². The summed E-state index contributed by atoms with van der Waals surface area (Å²) in [5.41, 5.74) is 2.54. The van der Waals surface area contributed by atoms with Crippen molar-refractivity contribution in [3.05, 3.63) is 48.0 Å². The molecule has 0 aliphatic rings. The van der Waals surface area contributed by atoms with Crippen LogP contribution in [0.25, 0.3) is 11.5 Å². The highest BCUT2D eigenvalue weighted by atomic mass is 32.2. The van der Waals surface area contributed by atoms with Crippen LogP contribution < -0.4 is 14.8 Å². The minimum atomic E-state index is -0.203. The molecule has 2 aromatic carbocycles. The predicted octanol–water partition coefficient (Wildman–Crippen LogP) is 3.79. The molecule has 0 saturated heterocycles. The van der Waals surface area contributed by atoms with Gasteiger partial charge >= 0.3 is 0 Å². The van der Waals surface area contributed by atoms with Crippen LogP contribution in [0, 0.1) is 6.92 Å². The summed E-state index contributed by atoms with van der Waals surface area (Å²) < 4.78 is 16.0. The number of hydrogen-bond acceptors (Lipinski definition) is 7. The summed E-state index contributed by atoms with van der Waals surface area (Å²) in [6.45, 7) is 1.99. The first-order chi connectivity index (χ1) is 13.1. The molecule has 27 heavy (non-hydrogen) atoms. The number of benzene rings is 2. The molecule has 0 saturated carbocycles. The number of carbonyl (C=O) groups is 1. The summed E-state index contributed by atoms with van der Waals surface area (Å²) in [7, 11) is 3.11. The van der Waals surface area contributed by atoms with Crippen molar-refractivity contribution in [2.75, 3.05) is 25.3 Å². The average molecular weight is 385 g/mol. The van der Waals surface area contributed by atoms with Crippen LogP contribution in [0.5, 0.6) is 11.5 Å². The molecule has 1 aromatic heterocycles. The summed E-state index contributed by atoms with van der Waals surface area (Å²) >= 11 is 1.17. The van der Waals surface area contributed by atoms with Crippen LogP contribution >= 0.6 is 11.8 Å². The molecule has 0 bridgehead atoms. The van der Waals surface area contributed by atoms with E-state index in [1.54, 1.807) is 32.4 Å². The van der Waals surface area contributed by atoms with E-state index in [-0.39, 0.29) is 11.7 Å². The number of nitrogens with one attached hydrogen (secondary N) is 1. The lowest BCUT2D eigenvalue weighted by atomic mass is 10.1. The van der Waals surface area contributed by atoms with Crippen molar-refractivity contribution in [1.82, 2.24) is 10.2 Å². The van der Waals surface area contributed by atoms with Gasteiger partial charge in [-0.25, -0.2) is 0 Å². The molecule has 3 rings (SSSR count). The molecule has 0 aliphatic carbocycles. The number of ether oxygens (including phenoxy) is 2. The fourth-order valence-electron chi connectivity index (χ4n) is 2.37. The molecule has 8 heteroatoms. The van der Waals surface area contributed by atoms with E-state index < -0.39 is 0 Å². The van der Waals surface area contributed by atoms with Crippen LogP contribution in [-0.2, 0) is 4.79 Å². The Morgan fingerprint density at radius 3 is 2.52 bits per heavy atom. The molecule has 0 atom stereocenters. The lowest BCUT2D eigenvalue weighted by Gasteiger charge is -2.09. The highest BCUT2D eigenvalue weighted by molar-refractivity contribution is 7.99. The third-order valence-corrected chi connectivity index (χ3v) is 4.45. The Bertz CT molecular complexity index is 920. The molecule has 3 aromatic rings. The Morgan fingerprint density at radius 1 is 1.11 bits per heavy atom. The molecule has 7 nitrogen and oxygen atoms in total. The van der Waals surface area contributed by atoms with Gasteiger partial charge < -0.3 is 19.2 Å². The molecule has 1 N–H and O–H groups in total. The summed E-state index contributed by atoms with van der Waals surface area (Å²) in [5, 5.41) is 11.2. The van der Waals surface area contributed by atoms with E-state index in [1.807, 2.05) is 31.2 Å². The first-order valence-electron chi connectivity index (χ1n) is 8.13. The molecule has 140 valence electrons. The lowest BCUT2D eigenvalue weighted by Crippen LogP contribution is -2.14. The van der Waals surface area contributed by atoms with Crippen LogP contribution in [0.4, 0.5) is 5.69 Å². The van der Waals surface area contributed by atoms with E-state index >= 15 is 0 Å². The summed E-state index contributed by atoms with van der Waals surface area (Å²) in [5.74, 6) is 1.55. The van der Waals surface area contributed by atoms with Gasteiger partial charge in [0.05, 0.1) is 20.0 Å². The highest BCUT2D eigenvalue weighted by Crippen LogP contribution is 2.27. The molecule has 1 amide bonds. The quantitative estimate of drug-likeness (QED) is 0.619. The Balaban J connectivity index is 1.60. The number of methoxy groups -OCH3 is 2. The standard InChI is InChI=1S/C19H19N3O4S/c1-12-5-4-6-13(7-12)18-21-22-19(26-18)27-11-17(23)20-14-8-15(24-2)10-16(9-14)25-3/h4-10H,11H2,1-3H3,(H,20,23). The Hall–Kier alpha value is -3.00. The molecule has 0 spiro atoms. The number of hydrogen-bond donors (Lipinski definition) is 1. The first-order valence-corrected chi connectivity index (χ1v) is 9.12. The second-order valence-electron chi connectivity index (χ2n) is 5.68. The maximum Gasteiger partial charge on any atom is 0.277 e. The molecule has 0 radical (unpaired) electrons. The Kier molecular flexibility index (Phi) is 5.97. The number of aromatic nitrogens is 2. The molecular weight excluding hydrogens is 366 g/mol. The average Bonchev–Trinajstić information content (AvgIpc) is 3.15. The summed E-state index contributed by atoms with van der Waals surface area (Å²) in [4.78, 5) is 12.2. The minimum absolute atomic E-state index is 0.134. The third kappa shape index (κ3) is 5.01. The monoisotopic (exact) mass is 385 g/mol. The zero-order valence-corrected chi connectivity index (χ0v) is 16.0. The van der Waals surface area contributed by atoms with Crippen molar-refractivity contribution in [3.8, 4) is 23.0 Å². The Labute approximate surface area is 161 Å². The van der Waals surface area contributed by atoms with Gasteiger partial charge in [-0.3, -0.25) is 4.79 Å². The summed E-state index contributed by atoms with van der Waals surface area (Å²) in [6.07, 6.45) is 0. The number of anilines is 1. The van der Waals surface area contributed by atoms with E-state index in [0.29, 0.717) is 28.3 Å². The van der Waals surface area contributed by atoms with Crippen LogP contribution in [-0.4, -0.2) is 36.1 Å². The second kappa shape index (κ2) is 8.59. The van der Waals surface area contributed by atoms with Crippen molar-refractivity contribution in [2.24, 2.45) is 0 Å². The van der Waals surface area contributed by atoms with Crippen molar-refractivity contribution in [1.29, 1.82) is 0 Å². The number of thioether (sulfide) groups is 1. The molecule has 0 fully saturated rings. The fraction of sp³-hybridized carbons (Fsp3) is 0.211. The van der Waals surface area contributed by atoms with E-state index in [1.165, 1.54) is 11.8 Å². The topological polar surface area (TPSA) is 86.5 Å². The third-order valence-electron chi connectivity index (χ3n) is 3.63. The number of carbonyl (C=O) groups excluding carboxylic acids is 1. The highest BCUT2D eigenvalue weighted by Gasteiger charge is 2.12. The number of aryl methyl sites for hydroxylation is 1. The van der Waals surface area contributed by atoms with Crippen molar-refractivity contribution < 1.29 is 18.7 Å². The zero-order chi connectivity index (χ0) is 19.2. The van der Waals surface area contributed by atoms with Gasteiger partial charge in [-0.1, -0.05) is 29.5 Å². The normalized spacial score (nSPS) is 10.5. The van der Waals surface area contributed by atoms with E-state index in [9.17, 15) is 4.79 Å². The van der Waals surface area contributed by atoms with Crippen LogP contribution in [0.15, 0.2) is 52.1 Å². The maximum atomic E-state index is 12.2. The number of rotatable bonds is 7. The van der Waals surface area contributed by atoms with Gasteiger partial charge in [-0.05, 0) is 19.1 Å². The molecule has 0 unspecified atom stereocenters. The first kappa shape index (κ1) is 18.8. The largest absolute Gasteiger partial charge is 0.497 e. The van der Waals surface area contributed by atoms with Crippen molar-refractivity contribution in [3.63, 3.8) is 0 Å². The number of nitrogens with zero attached hydrogens (tertiary/aromatic N) is 2. The zero-order valence-electron chi connectivity index (χ0n) is 15.2. The molecular formula is C19H19N3O4S. The van der Waals surface area contributed by atoms with Gasteiger partial charge in [-0.15, -0.1) is 10.2 Å². The molecule has 0 aliphatic heterocycles. The second-order valence-corrected chi connectivity index (χ2v) is 6.61. The van der Waals surface area contributed by atoms with Crippen molar-refractivity contribution >= 4 is 23.4 Å². The minimum Gasteiger partial charge on any atom is -0.497 e. The van der Waals surface area contributed by atoms with E-state index in [2.05, 4.69) is 15.5 Å². The van der Waals surface area contributed by atoms with E-state index in [4.69, 9.17) is 13.9 Å². The smallest absolute Gasteiger partial charge is 0.277 e. The number of amides is 1. The van der Waals surface area contributed by atoms with Crippen LogP contribution in [0.2, 0.25) is 0 Å². The predicted molar refractivity (Wildman–Crippen MR) is 103 cm³/mol.